The minimum atomic E-state index is -0.472. The Bertz CT molecular complexity index is 1180. The quantitative estimate of drug-likeness (QED) is 0.498. The first-order valence-corrected chi connectivity index (χ1v) is 8.87. The molecule has 0 aliphatic heterocycles. The molecule has 2 aromatic carbocycles. The van der Waals surface area contributed by atoms with Crippen molar-refractivity contribution in [1.82, 2.24) is 19.3 Å². The lowest BCUT2D eigenvalue weighted by molar-refractivity contribution is 0.386. The number of hydrogen-bond donors (Lipinski definition) is 0. The van der Waals surface area contributed by atoms with E-state index in [-0.39, 0.29) is 17.9 Å². The zero-order chi connectivity index (χ0) is 19.0. The largest absolute Gasteiger partial charge is 0.494 e. The molecule has 0 N–H and O–H groups in total. The third kappa shape index (κ3) is 3.23. The van der Waals surface area contributed by atoms with Gasteiger partial charge in [-0.05, 0) is 42.0 Å². The number of hydrogen-bond acceptors (Lipinski definition) is 4. The van der Waals surface area contributed by atoms with Crippen LogP contribution >= 0.6 is 15.9 Å². The summed E-state index contributed by atoms with van der Waals surface area (Å²) in [4.78, 5) is 17.2. The molecule has 4 rings (SSSR count). The molecule has 0 aliphatic rings. The van der Waals surface area contributed by atoms with E-state index in [0.29, 0.717) is 16.6 Å². The van der Waals surface area contributed by atoms with E-state index in [1.807, 2.05) is 24.3 Å². The van der Waals surface area contributed by atoms with Crippen LogP contribution in [0.2, 0.25) is 0 Å². The average Bonchev–Trinajstić information content (AvgIpc) is 3.10. The summed E-state index contributed by atoms with van der Waals surface area (Å²) in [6, 6.07) is 12.1. The number of fused-ring (bicyclic) bond motifs is 1. The minimum absolute atomic E-state index is 0.162. The van der Waals surface area contributed by atoms with Crippen molar-refractivity contribution in [3.05, 3.63) is 81.2 Å². The van der Waals surface area contributed by atoms with Gasteiger partial charge in [0, 0.05) is 4.47 Å². The van der Waals surface area contributed by atoms with Gasteiger partial charge in [0.2, 0.25) is 0 Å². The smallest absolute Gasteiger partial charge is 0.264 e. The number of benzene rings is 2. The van der Waals surface area contributed by atoms with E-state index < -0.39 is 5.82 Å². The van der Waals surface area contributed by atoms with E-state index in [2.05, 4.69) is 26.0 Å². The molecule has 0 amide bonds. The number of rotatable bonds is 4. The Balaban J connectivity index is 1.72. The monoisotopic (exact) mass is 428 g/mol. The molecular weight excluding hydrogens is 415 g/mol. The predicted octanol–water partition coefficient (Wildman–Crippen LogP) is 3.54. The average molecular weight is 429 g/mol. The van der Waals surface area contributed by atoms with Gasteiger partial charge in [0.15, 0.2) is 17.2 Å². The summed E-state index contributed by atoms with van der Waals surface area (Å²) < 4.78 is 22.8. The number of ether oxygens (including phenoxy) is 1. The molecule has 6 nitrogen and oxygen atoms in total. The van der Waals surface area contributed by atoms with Crippen molar-refractivity contribution >= 4 is 27.0 Å². The van der Waals surface area contributed by atoms with Crippen LogP contribution in [-0.2, 0) is 6.54 Å². The van der Waals surface area contributed by atoms with Crippen molar-refractivity contribution in [2.24, 2.45) is 0 Å². The van der Waals surface area contributed by atoms with Crippen LogP contribution in [0.3, 0.4) is 0 Å². The highest BCUT2D eigenvalue weighted by Gasteiger charge is 2.12. The molecule has 2 aromatic heterocycles. The normalized spacial score (nSPS) is 11.1. The summed E-state index contributed by atoms with van der Waals surface area (Å²) >= 11 is 3.39. The highest BCUT2D eigenvalue weighted by Crippen LogP contribution is 2.19. The first-order valence-electron chi connectivity index (χ1n) is 8.08. The van der Waals surface area contributed by atoms with Gasteiger partial charge in [0.25, 0.3) is 5.56 Å². The van der Waals surface area contributed by atoms with Gasteiger partial charge < -0.3 is 4.74 Å². The van der Waals surface area contributed by atoms with E-state index in [0.717, 1.165) is 10.2 Å². The number of methoxy groups -OCH3 is 1. The fraction of sp³-hybridized carbons (Fsp3) is 0.105. The van der Waals surface area contributed by atoms with Crippen molar-refractivity contribution < 1.29 is 9.13 Å². The Labute approximate surface area is 162 Å². The van der Waals surface area contributed by atoms with Gasteiger partial charge in [-0.2, -0.15) is 5.10 Å². The molecule has 0 bridgehead atoms. The van der Waals surface area contributed by atoms with E-state index in [1.165, 1.54) is 36.3 Å². The van der Waals surface area contributed by atoms with Crippen molar-refractivity contribution in [3.63, 3.8) is 0 Å². The number of halogens is 2. The van der Waals surface area contributed by atoms with E-state index in [9.17, 15) is 9.18 Å². The Hall–Kier alpha value is -3.00. The second-order valence-corrected chi connectivity index (χ2v) is 6.83. The lowest BCUT2D eigenvalue weighted by Crippen LogP contribution is -2.21. The first-order chi connectivity index (χ1) is 13.1. The summed E-state index contributed by atoms with van der Waals surface area (Å²) in [5.74, 6) is -0.310. The maximum atomic E-state index is 13.9. The molecular formula is C19H14BrFN4O2. The molecule has 2 heterocycles. The SMILES string of the molecule is COc1ccc(Cn2cnc3c(cnn3-c3ccc(Br)cc3)c2=O)cc1F. The molecule has 0 unspecified atom stereocenters. The van der Waals surface area contributed by atoms with Gasteiger partial charge in [-0.15, -0.1) is 0 Å². The van der Waals surface area contributed by atoms with Gasteiger partial charge in [-0.25, -0.2) is 14.1 Å². The van der Waals surface area contributed by atoms with E-state index in [1.54, 1.807) is 10.7 Å². The molecule has 0 atom stereocenters. The Morgan fingerprint density at radius 3 is 2.67 bits per heavy atom. The van der Waals surface area contributed by atoms with Crippen molar-refractivity contribution in [3.8, 4) is 11.4 Å². The molecule has 0 spiro atoms. The Morgan fingerprint density at radius 2 is 1.96 bits per heavy atom. The van der Waals surface area contributed by atoms with Gasteiger partial charge >= 0.3 is 0 Å². The zero-order valence-corrected chi connectivity index (χ0v) is 15.9. The van der Waals surface area contributed by atoms with Crippen LogP contribution in [0.4, 0.5) is 4.39 Å². The number of aromatic nitrogens is 4. The molecule has 0 saturated heterocycles. The first kappa shape index (κ1) is 17.4. The van der Waals surface area contributed by atoms with Crippen molar-refractivity contribution in [2.45, 2.75) is 6.54 Å². The maximum absolute atomic E-state index is 13.9. The van der Waals surface area contributed by atoms with Gasteiger partial charge in [0.05, 0.1) is 25.5 Å². The highest BCUT2D eigenvalue weighted by molar-refractivity contribution is 9.10. The van der Waals surface area contributed by atoms with E-state index in [4.69, 9.17) is 4.74 Å². The van der Waals surface area contributed by atoms with Crippen LogP contribution in [0, 0.1) is 5.82 Å². The standard InChI is InChI=1S/C19H14BrFN4O2/c1-27-17-7-2-12(8-16(17)21)10-24-11-22-18-15(19(24)26)9-23-25(18)14-5-3-13(20)4-6-14/h2-9,11H,10H2,1H3. The molecule has 4 aromatic rings. The third-order valence-electron chi connectivity index (χ3n) is 4.19. The third-order valence-corrected chi connectivity index (χ3v) is 4.72. The molecule has 0 radical (unpaired) electrons. The summed E-state index contributed by atoms with van der Waals surface area (Å²) in [6.07, 6.45) is 2.95. The summed E-state index contributed by atoms with van der Waals surface area (Å²) in [5.41, 5.74) is 1.67. The predicted molar refractivity (Wildman–Crippen MR) is 103 cm³/mol. The Kier molecular flexibility index (Phi) is 4.49. The molecule has 27 heavy (non-hydrogen) atoms. The van der Waals surface area contributed by atoms with Crippen LogP contribution in [0.25, 0.3) is 16.7 Å². The maximum Gasteiger partial charge on any atom is 0.264 e. The molecule has 0 fully saturated rings. The topological polar surface area (TPSA) is 61.9 Å². The molecule has 0 saturated carbocycles. The van der Waals surface area contributed by atoms with Crippen LogP contribution in [-0.4, -0.2) is 26.4 Å². The fourth-order valence-electron chi connectivity index (χ4n) is 2.84. The van der Waals surface area contributed by atoms with Crippen molar-refractivity contribution in [2.75, 3.05) is 7.11 Å². The van der Waals surface area contributed by atoms with Gasteiger partial charge in [-0.1, -0.05) is 22.0 Å². The molecule has 8 heteroatoms. The lowest BCUT2D eigenvalue weighted by Gasteiger charge is -2.08. The van der Waals surface area contributed by atoms with Crippen LogP contribution in [0.15, 0.2) is 64.3 Å². The summed E-state index contributed by atoms with van der Waals surface area (Å²) in [6.45, 7) is 0.201. The molecule has 136 valence electrons. The van der Waals surface area contributed by atoms with Gasteiger partial charge in [0.1, 0.15) is 11.7 Å². The second-order valence-electron chi connectivity index (χ2n) is 5.92. The second kappa shape index (κ2) is 6.96. The fourth-order valence-corrected chi connectivity index (χ4v) is 3.10. The van der Waals surface area contributed by atoms with Crippen LogP contribution in [0.5, 0.6) is 5.75 Å². The van der Waals surface area contributed by atoms with E-state index >= 15 is 0 Å². The van der Waals surface area contributed by atoms with Crippen LogP contribution < -0.4 is 10.3 Å². The van der Waals surface area contributed by atoms with Crippen molar-refractivity contribution in [1.29, 1.82) is 0 Å². The minimum Gasteiger partial charge on any atom is -0.494 e. The zero-order valence-electron chi connectivity index (χ0n) is 14.3. The summed E-state index contributed by atoms with van der Waals surface area (Å²) in [7, 11) is 1.41. The number of nitrogens with zero attached hydrogens (tertiary/aromatic N) is 4. The summed E-state index contributed by atoms with van der Waals surface area (Å²) in [5, 5.41) is 4.69. The Morgan fingerprint density at radius 1 is 1.19 bits per heavy atom. The highest BCUT2D eigenvalue weighted by atomic mass is 79.9. The van der Waals surface area contributed by atoms with Crippen LogP contribution in [0.1, 0.15) is 5.56 Å². The molecule has 0 aliphatic carbocycles. The lowest BCUT2D eigenvalue weighted by atomic mass is 10.2. The van der Waals surface area contributed by atoms with Gasteiger partial charge in [-0.3, -0.25) is 9.36 Å².